The summed E-state index contributed by atoms with van der Waals surface area (Å²) in [5.74, 6) is 1.89. The largest absolute Gasteiger partial charge is 0.464 e. The van der Waals surface area contributed by atoms with Gasteiger partial charge in [0.05, 0.1) is 17.7 Å². The van der Waals surface area contributed by atoms with Crippen LogP contribution in [0.15, 0.2) is 27.4 Å². The molecule has 0 atom stereocenters. The van der Waals surface area contributed by atoms with Gasteiger partial charge in [0, 0.05) is 24.8 Å². The molecule has 1 amide bonds. The second-order valence-corrected chi connectivity index (χ2v) is 5.53. The first-order chi connectivity index (χ1) is 9.69. The molecular formula is C15H20N2O2S. The first-order valence-corrected chi connectivity index (χ1v) is 7.83. The summed E-state index contributed by atoms with van der Waals surface area (Å²) in [6, 6.07) is 3.86. The third-order valence-electron chi connectivity index (χ3n) is 3.08. The lowest BCUT2D eigenvalue weighted by molar-refractivity contribution is -0.132. The number of hydrogen-bond donors (Lipinski definition) is 0. The SMILES string of the molecule is CCCC(=O)N(CCc1cscn1)Cc1ccc(C)o1. The lowest BCUT2D eigenvalue weighted by Crippen LogP contribution is -2.32. The summed E-state index contributed by atoms with van der Waals surface area (Å²) in [6.07, 6.45) is 2.23. The Hall–Kier alpha value is -1.62. The van der Waals surface area contributed by atoms with Crippen molar-refractivity contribution in [2.24, 2.45) is 0 Å². The van der Waals surface area contributed by atoms with Gasteiger partial charge in [-0.1, -0.05) is 6.92 Å². The monoisotopic (exact) mass is 292 g/mol. The van der Waals surface area contributed by atoms with Crippen molar-refractivity contribution < 1.29 is 9.21 Å². The number of furan rings is 1. The number of aryl methyl sites for hydroxylation is 1. The zero-order valence-corrected chi connectivity index (χ0v) is 12.8. The molecule has 2 aromatic rings. The molecule has 2 aromatic heterocycles. The fraction of sp³-hybridized carbons (Fsp3) is 0.467. The van der Waals surface area contributed by atoms with Crippen LogP contribution in [-0.2, 0) is 17.8 Å². The number of nitrogens with zero attached hydrogens (tertiary/aromatic N) is 2. The Kier molecular flexibility index (Phi) is 5.35. The average Bonchev–Trinajstić information content (AvgIpc) is 3.06. The van der Waals surface area contributed by atoms with Crippen molar-refractivity contribution in [2.75, 3.05) is 6.54 Å². The smallest absolute Gasteiger partial charge is 0.222 e. The first-order valence-electron chi connectivity index (χ1n) is 6.89. The second kappa shape index (κ2) is 7.24. The van der Waals surface area contributed by atoms with Crippen molar-refractivity contribution in [2.45, 2.75) is 39.7 Å². The molecule has 0 spiro atoms. The molecule has 0 saturated carbocycles. The van der Waals surface area contributed by atoms with Crippen molar-refractivity contribution in [3.8, 4) is 0 Å². The van der Waals surface area contributed by atoms with Gasteiger partial charge in [-0.05, 0) is 25.5 Å². The molecule has 0 aliphatic carbocycles. The predicted octanol–water partition coefficient (Wildman–Crippen LogP) is 3.42. The molecule has 0 aliphatic rings. The van der Waals surface area contributed by atoms with Gasteiger partial charge in [-0.3, -0.25) is 4.79 Å². The molecule has 0 aromatic carbocycles. The maximum Gasteiger partial charge on any atom is 0.222 e. The van der Waals surface area contributed by atoms with Crippen molar-refractivity contribution in [1.82, 2.24) is 9.88 Å². The van der Waals surface area contributed by atoms with E-state index in [-0.39, 0.29) is 5.91 Å². The predicted molar refractivity (Wildman–Crippen MR) is 79.6 cm³/mol. The van der Waals surface area contributed by atoms with Gasteiger partial charge in [0.1, 0.15) is 11.5 Å². The summed E-state index contributed by atoms with van der Waals surface area (Å²) in [4.78, 5) is 18.3. The minimum atomic E-state index is 0.178. The Labute approximate surface area is 123 Å². The highest BCUT2D eigenvalue weighted by molar-refractivity contribution is 7.07. The number of carbonyl (C=O) groups is 1. The van der Waals surface area contributed by atoms with E-state index in [0.717, 1.165) is 30.1 Å². The fourth-order valence-electron chi connectivity index (χ4n) is 2.03. The van der Waals surface area contributed by atoms with Crippen molar-refractivity contribution >= 4 is 17.2 Å². The molecule has 5 heteroatoms. The van der Waals surface area contributed by atoms with Crippen LogP contribution < -0.4 is 0 Å². The van der Waals surface area contributed by atoms with Crippen LogP contribution in [-0.4, -0.2) is 22.3 Å². The number of hydrogen-bond acceptors (Lipinski definition) is 4. The summed E-state index contributed by atoms with van der Waals surface area (Å²) in [6.45, 7) is 5.16. The number of carbonyl (C=O) groups excluding carboxylic acids is 1. The topological polar surface area (TPSA) is 46.3 Å². The van der Waals surface area contributed by atoms with Gasteiger partial charge in [-0.2, -0.15) is 0 Å². The van der Waals surface area contributed by atoms with E-state index < -0.39 is 0 Å². The van der Waals surface area contributed by atoms with E-state index in [0.29, 0.717) is 19.5 Å². The Morgan fingerprint density at radius 3 is 2.90 bits per heavy atom. The summed E-state index contributed by atoms with van der Waals surface area (Å²) in [7, 11) is 0. The van der Waals surface area contributed by atoms with Crippen LogP contribution in [0.1, 0.15) is 37.0 Å². The van der Waals surface area contributed by atoms with E-state index in [1.807, 2.05) is 41.8 Å². The van der Waals surface area contributed by atoms with Gasteiger partial charge < -0.3 is 9.32 Å². The molecule has 0 N–H and O–H groups in total. The lowest BCUT2D eigenvalue weighted by atomic mass is 10.2. The van der Waals surface area contributed by atoms with Crippen LogP contribution in [0.3, 0.4) is 0 Å². The Balaban J connectivity index is 1.98. The highest BCUT2D eigenvalue weighted by atomic mass is 32.1. The number of aromatic nitrogens is 1. The zero-order valence-electron chi connectivity index (χ0n) is 12.0. The van der Waals surface area contributed by atoms with Gasteiger partial charge in [0.15, 0.2) is 0 Å². The maximum absolute atomic E-state index is 12.2. The quantitative estimate of drug-likeness (QED) is 0.785. The molecule has 0 radical (unpaired) electrons. The van der Waals surface area contributed by atoms with E-state index in [2.05, 4.69) is 4.98 Å². The molecule has 0 aliphatic heterocycles. The van der Waals surface area contributed by atoms with Crippen molar-refractivity contribution in [3.63, 3.8) is 0 Å². The van der Waals surface area contributed by atoms with Crippen LogP contribution in [0.4, 0.5) is 0 Å². The average molecular weight is 292 g/mol. The standard InChI is InChI=1S/C15H20N2O2S/c1-3-4-15(18)17(8-7-13-10-20-11-16-13)9-14-6-5-12(2)19-14/h5-6,10-11H,3-4,7-9H2,1-2H3. The van der Waals surface area contributed by atoms with Crippen LogP contribution in [0.5, 0.6) is 0 Å². The van der Waals surface area contributed by atoms with E-state index in [1.54, 1.807) is 11.3 Å². The summed E-state index contributed by atoms with van der Waals surface area (Å²) in [5, 5.41) is 2.03. The second-order valence-electron chi connectivity index (χ2n) is 4.81. The Bertz CT molecular complexity index is 534. The van der Waals surface area contributed by atoms with Gasteiger partial charge in [0.2, 0.25) is 5.91 Å². The zero-order chi connectivity index (χ0) is 14.4. The highest BCUT2D eigenvalue weighted by Gasteiger charge is 2.15. The molecule has 4 nitrogen and oxygen atoms in total. The van der Waals surface area contributed by atoms with Crippen LogP contribution in [0.2, 0.25) is 0 Å². The Morgan fingerprint density at radius 1 is 1.45 bits per heavy atom. The van der Waals surface area contributed by atoms with Crippen molar-refractivity contribution in [1.29, 1.82) is 0 Å². The summed E-state index contributed by atoms with van der Waals surface area (Å²) >= 11 is 1.58. The molecule has 2 heterocycles. The van der Waals surface area contributed by atoms with E-state index in [9.17, 15) is 4.79 Å². The molecule has 0 saturated heterocycles. The molecule has 2 rings (SSSR count). The molecule has 20 heavy (non-hydrogen) atoms. The third-order valence-corrected chi connectivity index (χ3v) is 3.72. The molecule has 0 bridgehead atoms. The molecule has 0 fully saturated rings. The normalized spacial score (nSPS) is 10.7. The van der Waals surface area contributed by atoms with Gasteiger partial charge in [-0.25, -0.2) is 4.98 Å². The fourth-order valence-corrected chi connectivity index (χ4v) is 2.63. The molecule has 0 unspecified atom stereocenters. The van der Waals surface area contributed by atoms with Crippen LogP contribution >= 0.6 is 11.3 Å². The minimum absolute atomic E-state index is 0.178. The van der Waals surface area contributed by atoms with Gasteiger partial charge in [0.25, 0.3) is 0 Å². The van der Waals surface area contributed by atoms with E-state index in [4.69, 9.17) is 4.42 Å². The Morgan fingerprint density at radius 2 is 2.30 bits per heavy atom. The van der Waals surface area contributed by atoms with Gasteiger partial charge in [-0.15, -0.1) is 11.3 Å². The highest BCUT2D eigenvalue weighted by Crippen LogP contribution is 2.12. The van der Waals surface area contributed by atoms with Gasteiger partial charge >= 0.3 is 0 Å². The van der Waals surface area contributed by atoms with Crippen LogP contribution in [0, 0.1) is 6.92 Å². The lowest BCUT2D eigenvalue weighted by Gasteiger charge is -2.21. The van der Waals surface area contributed by atoms with Crippen LogP contribution in [0.25, 0.3) is 0 Å². The van der Waals surface area contributed by atoms with E-state index >= 15 is 0 Å². The molecule has 108 valence electrons. The summed E-state index contributed by atoms with van der Waals surface area (Å²) in [5.41, 5.74) is 2.86. The van der Waals surface area contributed by atoms with E-state index in [1.165, 1.54) is 0 Å². The summed E-state index contributed by atoms with van der Waals surface area (Å²) < 4.78 is 5.57. The number of thiazole rings is 1. The number of rotatable bonds is 7. The molecular weight excluding hydrogens is 272 g/mol. The van der Waals surface area contributed by atoms with Crippen molar-refractivity contribution in [3.05, 3.63) is 40.2 Å². The third kappa shape index (κ3) is 4.20. The minimum Gasteiger partial charge on any atom is -0.464 e. The maximum atomic E-state index is 12.2. The first kappa shape index (κ1) is 14.8. The number of amides is 1.